The number of likely N-dealkylation sites (tertiary alicyclic amines) is 1. The van der Waals surface area contributed by atoms with Crippen molar-refractivity contribution in [3.63, 3.8) is 0 Å². The Morgan fingerprint density at radius 1 is 1.22 bits per heavy atom. The molecule has 1 saturated heterocycles. The number of nitrogens with zero attached hydrogens (tertiary/aromatic N) is 4. The van der Waals surface area contributed by atoms with Crippen molar-refractivity contribution in [1.82, 2.24) is 4.90 Å². The van der Waals surface area contributed by atoms with Crippen LogP contribution in [-0.2, 0) is 4.79 Å². The van der Waals surface area contributed by atoms with Gasteiger partial charge in [-0.2, -0.15) is 9.98 Å². The van der Waals surface area contributed by atoms with Gasteiger partial charge in [-0.05, 0) is 25.9 Å². The fourth-order valence-electron chi connectivity index (χ4n) is 2.50. The van der Waals surface area contributed by atoms with Crippen LogP contribution in [0.3, 0.4) is 0 Å². The highest BCUT2D eigenvalue weighted by molar-refractivity contribution is 6.34. The molecule has 0 radical (unpaired) electrons. The lowest BCUT2D eigenvalue weighted by molar-refractivity contribution is -0.114. The first kappa shape index (κ1) is 11.3. The number of aliphatic imine (C=N–C) groups is 3. The maximum atomic E-state index is 11.8. The Labute approximate surface area is 105 Å². The second kappa shape index (κ2) is 4.45. The van der Waals surface area contributed by atoms with Gasteiger partial charge in [0.05, 0.1) is 5.57 Å². The van der Waals surface area contributed by atoms with Crippen molar-refractivity contribution in [2.75, 3.05) is 19.6 Å². The first-order valence-corrected chi connectivity index (χ1v) is 6.21. The lowest BCUT2D eigenvalue weighted by Crippen LogP contribution is -2.32. The fraction of sp³-hybridized carbons (Fsp3) is 0.500. The van der Waals surface area contributed by atoms with E-state index in [1.54, 1.807) is 6.21 Å². The molecule has 6 heteroatoms. The maximum Gasteiger partial charge on any atom is 0.284 e. The quantitative estimate of drug-likeness (QED) is 0.749. The van der Waals surface area contributed by atoms with Crippen LogP contribution in [0.25, 0.3) is 0 Å². The molecule has 0 atom stereocenters. The van der Waals surface area contributed by atoms with E-state index in [0.29, 0.717) is 11.4 Å². The summed E-state index contributed by atoms with van der Waals surface area (Å²) in [4.78, 5) is 26.0. The van der Waals surface area contributed by atoms with E-state index in [9.17, 15) is 4.79 Å². The smallest absolute Gasteiger partial charge is 0.284 e. The molecule has 1 amide bonds. The predicted octanol–water partition coefficient (Wildman–Crippen LogP) is 0.107. The first-order valence-electron chi connectivity index (χ1n) is 6.21. The van der Waals surface area contributed by atoms with E-state index in [0.717, 1.165) is 25.2 Å². The second-order valence-corrected chi connectivity index (χ2v) is 4.71. The zero-order valence-corrected chi connectivity index (χ0v) is 10.1. The largest absolute Gasteiger partial charge is 0.368 e. The highest BCUT2D eigenvalue weighted by atomic mass is 16.1. The molecular formula is C12H15N5O. The molecule has 3 rings (SSSR count). The number of guanidine groups is 1. The average Bonchev–Trinajstić information content (AvgIpc) is 2.73. The summed E-state index contributed by atoms with van der Waals surface area (Å²) < 4.78 is 0. The van der Waals surface area contributed by atoms with Crippen molar-refractivity contribution in [3.8, 4) is 0 Å². The third kappa shape index (κ3) is 1.99. The van der Waals surface area contributed by atoms with E-state index in [-0.39, 0.29) is 11.9 Å². The van der Waals surface area contributed by atoms with Gasteiger partial charge < -0.3 is 5.73 Å². The molecule has 0 spiro atoms. The Kier molecular flexibility index (Phi) is 2.79. The van der Waals surface area contributed by atoms with Crippen molar-refractivity contribution in [3.05, 3.63) is 11.1 Å². The fourth-order valence-corrected chi connectivity index (χ4v) is 2.50. The summed E-state index contributed by atoms with van der Waals surface area (Å²) in [5.74, 6) is 0.0941. The van der Waals surface area contributed by atoms with Crippen LogP contribution in [0.1, 0.15) is 19.3 Å². The molecule has 0 bridgehead atoms. The molecular weight excluding hydrogens is 230 g/mol. The molecule has 0 aromatic heterocycles. The molecule has 0 aromatic rings. The zero-order valence-electron chi connectivity index (χ0n) is 10.1. The minimum Gasteiger partial charge on any atom is -0.368 e. The van der Waals surface area contributed by atoms with Gasteiger partial charge in [0.15, 0.2) is 5.84 Å². The SMILES string of the molecule is NC1=NC(=O)C2=C(CN3CCCCC3)C=NC2=N1. The lowest BCUT2D eigenvalue weighted by atomic mass is 10.1. The van der Waals surface area contributed by atoms with Crippen LogP contribution in [0.5, 0.6) is 0 Å². The van der Waals surface area contributed by atoms with Gasteiger partial charge >= 0.3 is 0 Å². The van der Waals surface area contributed by atoms with E-state index < -0.39 is 0 Å². The molecule has 3 heterocycles. The number of carbonyl (C=O) groups is 1. The summed E-state index contributed by atoms with van der Waals surface area (Å²) in [6.45, 7) is 2.91. The summed E-state index contributed by atoms with van der Waals surface area (Å²) in [7, 11) is 0. The highest BCUT2D eigenvalue weighted by Crippen LogP contribution is 2.20. The van der Waals surface area contributed by atoms with E-state index in [1.807, 2.05) is 0 Å². The predicted molar refractivity (Wildman–Crippen MR) is 69.9 cm³/mol. The number of amides is 1. The number of nitrogens with two attached hydrogens (primary N) is 1. The van der Waals surface area contributed by atoms with Crippen LogP contribution in [0.2, 0.25) is 0 Å². The summed E-state index contributed by atoms with van der Waals surface area (Å²) in [5.41, 5.74) is 6.88. The second-order valence-electron chi connectivity index (χ2n) is 4.71. The van der Waals surface area contributed by atoms with Gasteiger partial charge in [-0.1, -0.05) is 6.42 Å². The summed E-state index contributed by atoms with van der Waals surface area (Å²) in [5, 5.41) is 0. The number of piperidine rings is 1. The standard InChI is InChI=1S/C12H15N5O/c13-12-15-10-9(11(18)16-12)8(6-14-10)7-17-4-2-1-3-5-17/h6H,1-5,7H2,(H2,13,16,18). The Bertz CT molecular complexity index is 509. The van der Waals surface area contributed by atoms with Crippen LogP contribution < -0.4 is 5.73 Å². The molecule has 0 saturated carbocycles. The third-order valence-corrected chi connectivity index (χ3v) is 3.38. The van der Waals surface area contributed by atoms with Crippen LogP contribution in [-0.4, -0.2) is 48.5 Å². The molecule has 1 fully saturated rings. The number of amidine groups is 1. The minimum atomic E-state index is -0.318. The lowest BCUT2D eigenvalue weighted by Gasteiger charge is -2.26. The molecule has 0 aromatic carbocycles. The van der Waals surface area contributed by atoms with E-state index in [4.69, 9.17) is 5.73 Å². The molecule has 2 N–H and O–H groups in total. The Morgan fingerprint density at radius 2 is 2.00 bits per heavy atom. The molecule has 0 aliphatic carbocycles. The van der Waals surface area contributed by atoms with Crippen LogP contribution in [0.4, 0.5) is 0 Å². The Balaban J connectivity index is 1.82. The normalized spacial score (nSPS) is 24.1. The van der Waals surface area contributed by atoms with Gasteiger partial charge in [0, 0.05) is 18.3 Å². The van der Waals surface area contributed by atoms with Crippen molar-refractivity contribution >= 4 is 23.9 Å². The molecule has 94 valence electrons. The van der Waals surface area contributed by atoms with Gasteiger partial charge in [-0.3, -0.25) is 9.69 Å². The number of hydrogen-bond acceptors (Lipinski definition) is 5. The molecule has 3 aliphatic heterocycles. The number of rotatable bonds is 2. The van der Waals surface area contributed by atoms with Crippen LogP contribution >= 0.6 is 0 Å². The van der Waals surface area contributed by atoms with E-state index in [2.05, 4.69) is 19.9 Å². The Hall–Kier alpha value is -1.82. The van der Waals surface area contributed by atoms with Crippen molar-refractivity contribution in [2.24, 2.45) is 20.7 Å². The number of hydrogen-bond donors (Lipinski definition) is 1. The number of fused-ring (bicyclic) bond motifs is 1. The van der Waals surface area contributed by atoms with Gasteiger partial charge in [0.1, 0.15) is 0 Å². The third-order valence-electron chi connectivity index (χ3n) is 3.38. The zero-order chi connectivity index (χ0) is 12.5. The summed E-state index contributed by atoms with van der Waals surface area (Å²) in [6.07, 6.45) is 5.46. The molecule has 18 heavy (non-hydrogen) atoms. The van der Waals surface area contributed by atoms with E-state index in [1.165, 1.54) is 19.3 Å². The minimum absolute atomic E-state index is 0.00452. The maximum absolute atomic E-state index is 11.8. The summed E-state index contributed by atoms with van der Waals surface area (Å²) >= 11 is 0. The molecule has 6 nitrogen and oxygen atoms in total. The monoisotopic (exact) mass is 245 g/mol. The first-order chi connectivity index (χ1) is 8.74. The number of carbonyl (C=O) groups excluding carboxylic acids is 1. The van der Waals surface area contributed by atoms with E-state index >= 15 is 0 Å². The summed E-state index contributed by atoms with van der Waals surface area (Å²) in [6, 6.07) is 0. The van der Waals surface area contributed by atoms with Crippen LogP contribution in [0, 0.1) is 0 Å². The Morgan fingerprint density at radius 3 is 2.78 bits per heavy atom. The van der Waals surface area contributed by atoms with Crippen molar-refractivity contribution in [2.45, 2.75) is 19.3 Å². The van der Waals surface area contributed by atoms with Crippen LogP contribution in [0.15, 0.2) is 26.1 Å². The van der Waals surface area contributed by atoms with Gasteiger partial charge in [0.25, 0.3) is 5.91 Å². The molecule has 3 aliphatic rings. The average molecular weight is 245 g/mol. The topological polar surface area (TPSA) is 83.4 Å². The molecule has 0 unspecified atom stereocenters. The van der Waals surface area contributed by atoms with Crippen molar-refractivity contribution < 1.29 is 4.79 Å². The van der Waals surface area contributed by atoms with Gasteiger partial charge in [-0.15, -0.1) is 0 Å². The van der Waals surface area contributed by atoms with Gasteiger partial charge in [0.2, 0.25) is 5.96 Å². The highest BCUT2D eigenvalue weighted by Gasteiger charge is 2.28. The van der Waals surface area contributed by atoms with Gasteiger partial charge in [-0.25, -0.2) is 4.99 Å². The van der Waals surface area contributed by atoms with Crippen molar-refractivity contribution in [1.29, 1.82) is 0 Å².